The molecule has 0 saturated carbocycles. The number of aromatic nitrogens is 1. The van der Waals surface area contributed by atoms with Gasteiger partial charge in [0.25, 0.3) is 11.6 Å². The molecule has 0 unspecified atom stereocenters. The number of urea groups is 1. The molecule has 3 rings (SSSR count). The topological polar surface area (TPSA) is 145 Å². The van der Waals surface area contributed by atoms with Gasteiger partial charge in [0.1, 0.15) is 12.2 Å². The Labute approximate surface area is 198 Å². The van der Waals surface area contributed by atoms with Crippen molar-refractivity contribution in [2.45, 2.75) is 6.61 Å². The van der Waals surface area contributed by atoms with E-state index in [2.05, 4.69) is 27.5 Å². The van der Waals surface area contributed by atoms with Crippen LogP contribution in [0.1, 0.15) is 16.1 Å². The van der Waals surface area contributed by atoms with Crippen LogP contribution in [-0.4, -0.2) is 35.5 Å². The van der Waals surface area contributed by atoms with Gasteiger partial charge in [0.05, 0.1) is 29.3 Å². The Bertz CT molecular complexity index is 1180. The molecule has 1 heterocycles. The van der Waals surface area contributed by atoms with Crippen LogP contribution in [0.5, 0.6) is 11.5 Å². The van der Waals surface area contributed by atoms with E-state index in [-0.39, 0.29) is 23.7 Å². The first kappa shape index (κ1) is 24.2. The molecule has 3 aromatic rings. The number of nitrogens with one attached hydrogen (secondary N) is 3. The van der Waals surface area contributed by atoms with Crippen molar-refractivity contribution in [1.29, 1.82) is 0 Å². The fraction of sp³-hybridized carbons (Fsp3) is 0.136. The highest BCUT2D eigenvalue weighted by molar-refractivity contribution is 7.07. The maximum atomic E-state index is 12.8. The highest BCUT2D eigenvalue weighted by atomic mass is 32.1. The Morgan fingerprint density at radius 1 is 1.18 bits per heavy atom. The quantitative estimate of drug-likeness (QED) is 0.223. The average molecular weight is 484 g/mol. The first-order chi connectivity index (χ1) is 16.4. The number of hydrogen-bond acceptors (Lipinski definition) is 8. The van der Waals surface area contributed by atoms with Crippen molar-refractivity contribution < 1.29 is 24.0 Å². The summed E-state index contributed by atoms with van der Waals surface area (Å²) in [7, 11) is 1.37. The van der Waals surface area contributed by atoms with Gasteiger partial charge >= 0.3 is 6.03 Å². The van der Waals surface area contributed by atoms with Gasteiger partial charge in [-0.05, 0) is 24.3 Å². The van der Waals surface area contributed by atoms with E-state index < -0.39 is 22.5 Å². The van der Waals surface area contributed by atoms with E-state index in [4.69, 9.17) is 9.47 Å². The third-order valence-electron chi connectivity index (χ3n) is 4.39. The zero-order chi connectivity index (χ0) is 24.5. The van der Waals surface area contributed by atoms with Crippen molar-refractivity contribution >= 4 is 40.3 Å². The summed E-state index contributed by atoms with van der Waals surface area (Å²) in [5.74, 6) is -0.430. The van der Waals surface area contributed by atoms with E-state index in [0.29, 0.717) is 23.6 Å². The Morgan fingerprint density at radius 2 is 1.88 bits per heavy atom. The second-order valence-corrected chi connectivity index (χ2v) is 7.42. The van der Waals surface area contributed by atoms with Crippen LogP contribution >= 0.6 is 11.3 Å². The number of thiazole rings is 1. The standard InChI is InChI=1S/C22H21N5O6S/c1-3-8-23-22(29)26-15-6-4-14(5-7-15)25-21(28)17-9-19(32-2)20(10-18(17)27(30)31)33-11-16-12-34-13-24-16/h3-7,9-10,12-13H,1,8,11H2,2H3,(H,25,28)(H2,23,26,29). The highest BCUT2D eigenvalue weighted by Gasteiger charge is 2.25. The van der Waals surface area contributed by atoms with E-state index in [0.717, 1.165) is 6.07 Å². The van der Waals surface area contributed by atoms with E-state index in [1.165, 1.54) is 24.5 Å². The third-order valence-corrected chi connectivity index (χ3v) is 5.03. The van der Waals surface area contributed by atoms with Crippen molar-refractivity contribution in [2.24, 2.45) is 0 Å². The summed E-state index contributed by atoms with van der Waals surface area (Å²) in [5, 5.41) is 21.2. The van der Waals surface area contributed by atoms with Crippen molar-refractivity contribution in [3.8, 4) is 11.5 Å². The monoisotopic (exact) mass is 483 g/mol. The number of methoxy groups -OCH3 is 1. The minimum atomic E-state index is -0.708. The summed E-state index contributed by atoms with van der Waals surface area (Å²) in [4.78, 5) is 39.6. The minimum Gasteiger partial charge on any atom is -0.493 e. The second kappa shape index (κ2) is 11.4. The molecule has 0 spiro atoms. The lowest BCUT2D eigenvalue weighted by Gasteiger charge is -2.13. The van der Waals surface area contributed by atoms with Gasteiger partial charge in [-0.1, -0.05) is 6.08 Å². The van der Waals surface area contributed by atoms with Gasteiger partial charge in [0.2, 0.25) is 0 Å². The molecule has 3 amide bonds. The molecular formula is C22H21N5O6S. The lowest BCUT2D eigenvalue weighted by molar-refractivity contribution is -0.385. The number of nitrogens with zero attached hydrogens (tertiary/aromatic N) is 2. The first-order valence-corrected chi connectivity index (χ1v) is 10.8. The molecule has 2 aromatic carbocycles. The predicted octanol–water partition coefficient (Wildman–Crippen LogP) is 4.20. The molecule has 0 aliphatic rings. The zero-order valence-electron chi connectivity index (χ0n) is 18.1. The molecule has 0 fully saturated rings. The SMILES string of the molecule is C=CCNC(=O)Nc1ccc(NC(=O)c2cc(OC)c(OCc3cscn3)cc2[N+](=O)[O-])cc1. The first-order valence-electron chi connectivity index (χ1n) is 9.84. The predicted molar refractivity (Wildman–Crippen MR) is 128 cm³/mol. The van der Waals surface area contributed by atoms with Crippen molar-refractivity contribution in [3.63, 3.8) is 0 Å². The summed E-state index contributed by atoms with van der Waals surface area (Å²) in [6.45, 7) is 3.92. The molecule has 11 nitrogen and oxygen atoms in total. The van der Waals surface area contributed by atoms with E-state index in [1.54, 1.807) is 41.2 Å². The minimum absolute atomic E-state index is 0.0918. The number of amides is 3. The number of nitro groups is 1. The lowest BCUT2D eigenvalue weighted by atomic mass is 10.1. The second-order valence-electron chi connectivity index (χ2n) is 6.70. The van der Waals surface area contributed by atoms with Gasteiger partial charge in [-0.3, -0.25) is 14.9 Å². The highest BCUT2D eigenvalue weighted by Crippen LogP contribution is 2.35. The Kier molecular flexibility index (Phi) is 8.13. The van der Waals surface area contributed by atoms with E-state index in [9.17, 15) is 19.7 Å². The number of carbonyl (C=O) groups excluding carboxylic acids is 2. The van der Waals surface area contributed by atoms with Crippen LogP contribution in [0.2, 0.25) is 0 Å². The van der Waals surface area contributed by atoms with Crippen LogP contribution in [0, 0.1) is 10.1 Å². The fourth-order valence-corrected chi connectivity index (χ4v) is 3.33. The largest absolute Gasteiger partial charge is 0.493 e. The van der Waals surface area contributed by atoms with Crippen LogP contribution in [0.25, 0.3) is 0 Å². The summed E-state index contributed by atoms with van der Waals surface area (Å²) >= 11 is 1.40. The molecule has 12 heteroatoms. The maximum absolute atomic E-state index is 12.8. The summed E-state index contributed by atoms with van der Waals surface area (Å²) in [5.41, 5.74) is 2.53. The van der Waals surface area contributed by atoms with Crippen LogP contribution in [0.15, 0.2) is 59.9 Å². The summed E-state index contributed by atoms with van der Waals surface area (Å²) < 4.78 is 10.9. The number of nitro benzene ring substituents is 1. The molecule has 0 atom stereocenters. The number of benzene rings is 2. The number of hydrogen-bond donors (Lipinski definition) is 3. The van der Waals surface area contributed by atoms with Gasteiger partial charge in [-0.25, -0.2) is 9.78 Å². The Balaban J connectivity index is 1.75. The van der Waals surface area contributed by atoms with Crippen LogP contribution in [0.4, 0.5) is 21.9 Å². The van der Waals surface area contributed by atoms with Crippen LogP contribution in [0.3, 0.4) is 0 Å². The van der Waals surface area contributed by atoms with Crippen molar-refractivity contribution in [3.05, 3.63) is 81.3 Å². The molecule has 0 aliphatic carbocycles. The number of rotatable bonds is 10. The van der Waals surface area contributed by atoms with Gasteiger partial charge in [-0.15, -0.1) is 17.9 Å². The molecular weight excluding hydrogens is 462 g/mol. The molecule has 176 valence electrons. The molecule has 0 aliphatic heterocycles. The van der Waals surface area contributed by atoms with Crippen molar-refractivity contribution in [1.82, 2.24) is 10.3 Å². The molecule has 0 radical (unpaired) electrons. The maximum Gasteiger partial charge on any atom is 0.319 e. The normalized spacial score (nSPS) is 10.1. The lowest BCUT2D eigenvalue weighted by Crippen LogP contribution is -2.28. The zero-order valence-corrected chi connectivity index (χ0v) is 18.9. The van der Waals surface area contributed by atoms with Gasteiger partial charge in [-0.2, -0.15) is 0 Å². The van der Waals surface area contributed by atoms with E-state index in [1.807, 2.05) is 0 Å². The summed E-state index contributed by atoms with van der Waals surface area (Å²) in [6.07, 6.45) is 1.55. The van der Waals surface area contributed by atoms with E-state index >= 15 is 0 Å². The fourth-order valence-electron chi connectivity index (χ4n) is 2.79. The number of carbonyl (C=O) groups is 2. The van der Waals surface area contributed by atoms with Gasteiger partial charge in [0.15, 0.2) is 11.5 Å². The number of anilines is 2. The molecule has 3 N–H and O–H groups in total. The van der Waals surface area contributed by atoms with Crippen molar-refractivity contribution in [2.75, 3.05) is 24.3 Å². The Morgan fingerprint density at radius 3 is 2.47 bits per heavy atom. The Hall–Kier alpha value is -4.45. The summed E-state index contributed by atoms with van der Waals surface area (Å²) in [6, 6.07) is 8.25. The van der Waals surface area contributed by atoms with Gasteiger partial charge in [0, 0.05) is 29.4 Å². The van der Waals surface area contributed by atoms with Crippen LogP contribution < -0.4 is 25.4 Å². The molecule has 0 bridgehead atoms. The van der Waals surface area contributed by atoms with Gasteiger partial charge < -0.3 is 25.4 Å². The smallest absolute Gasteiger partial charge is 0.319 e. The third kappa shape index (κ3) is 6.29. The van der Waals surface area contributed by atoms with Crippen LogP contribution in [-0.2, 0) is 6.61 Å². The number of ether oxygens (including phenoxy) is 2. The molecule has 34 heavy (non-hydrogen) atoms. The average Bonchev–Trinajstić information content (AvgIpc) is 3.35. The molecule has 1 aromatic heterocycles. The molecule has 0 saturated heterocycles.